The highest BCUT2D eigenvalue weighted by molar-refractivity contribution is 6.31. The number of esters is 1. The number of hydrogen-bond acceptors (Lipinski definition) is 7. The number of aliphatic hydroxyl groups is 1. The first-order chi connectivity index (χ1) is 16.6. The quantitative estimate of drug-likeness (QED) is 0.118. The lowest BCUT2D eigenvalue weighted by molar-refractivity contribution is -0.715. The Bertz CT molecular complexity index is 1010. The Morgan fingerprint density at radius 1 is 1.36 bits per heavy atom. The van der Waals surface area contributed by atoms with Crippen LogP contribution < -0.4 is 4.74 Å². The maximum atomic E-state index is 13.7. The van der Waals surface area contributed by atoms with Crippen LogP contribution in [0.1, 0.15) is 52.2 Å². The molecule has 1 aliphatic heterocycles. The normalized spacial score (nSPS) is 17.9. The summed E-state index contributed by atoms with van der Waals surface area (Å²) in [4.78, 5) is 17.2. The Kier molecular flexibility index (Phi) is 9.46. The molecule has 202 valence electrons. The van der Waals surface area contributed by atoms with Gasteiger partial charge in [-0.3, -0.25) is 0 Å². The number of benzene rings is 1. The highest BCUT2D eigenvalue weighted by Crippen LogP contribution is 2.42. The molecule has 0 saturated heterocycles. The van der Waals surface area contributed by atoms with Crippen molar-refractivity contribution in [2.24, 2.45) is 11.2 Å². The van der Waals surface area contributed by atoms with Gasteiger partial charge in [-0.2, -0.15) is 13.2 Å². The average molecular weight is 538 g/mol. The first-order valence-corrected chi connectivity index (χ1v) is 11.6. The fourth-order valence-electron chi connectivity index (χ4n) is 3.56. The molecule has 0 amide bonds. The van der Waals surface area contributed by atoms with Crippen LogP contribution in [0.5, 0.6) is 5.75 Å². The van der Waals surface area contributed by atoms with E-state index < -0.39 is 42.1 Å². The number of aliphatic hydroxyl groups excluding tert-OH is 1. The highest BCUT2D eigenvalue weighted by atomic mass is 35.5. The second-order valence-corrected chi connectivity index (χ2v) is 9.89. The van der Waals surface area contributed by atoms with Gasteiger partial charge >= 0.3 is 12.1 Å². The van der Waals surface area contributed by atoms with Gasteiger partial charge in [0, 0.05) is 10.6 Å². The van der Waals surface area contributed by atoms with Gasteiger partial charge in [-0.05, 0) is 35.1 Å². The van der Waals surface area contributed by atoms with Gasteiger partial charge in [0.05, 0.1) is 24.2 Å². The zero-order valence-electron chi connectivity index (χ0n) is 20.9. The van der Waals surface area contributed by atoms with Crippen LogP contribution in [-0.2, 0) is 19.8 Å². The fourth-order valence-corrected chi connectivity index (χ4v) is 4.02. The van der Waals surface area contributed by atoms with E-state index in [2.05, 4.69) is 10.1 Å². The van der Waals surface area contributed by atoms with E-state index in [9.17, 15) is 28.3 Å². The molecule has 1 N–H and O–H groups in total. The van der Waals surface area contributed by atoms with E-state index in [0.29, 0.717) is 17.0 Å². The van der Waals surface area contributed by atoms with Crippen molar-refractivity contribution in [2.75, 3.05) is 20.4 Å². The van der Waals surface area contributed by atoms with Crippen molar-refractivity contribution in [3.05, 3.63) is 39.1 Å². The maximum Gasteiger partial charge on any atom is 0.430 e. The van der Waals surface area contributed by atoms with Gasteiger partial charge in [-0.1, -0.05) is 52.6 Å². The zero-order chi connectivity index (χ0) is 27.4. The number of alkyl halides is 3. The fraction of sp³-hybridized carbons (Fsp3) is 0.609. The van der Waals surface area contributed by atoms with E-state index in [1.165, 1.54) is 19.2 Å². The van der Waals surface area contributed by atoms with Crippen molar-refractivity contribution in [1.82, 2.24) is 5.01 Å². The SMILES string of the molecule is CC[C@@H](C)[C@@H](CO)N(C)/[N+]([O-])=N/OCOC(=O)C1=Cc2cc(Cl)c(C(C)(C)C)cc2O[C@@H]1C(F)(F)F. The van der Waals surface area contributed by atoms with Crippen molar-refractivity contribution >= 4 is 23.6 Å². The summed E-state index contributed by atoms with van der Waals surface area (Å²) in [6, 6.07) is 2.30. The molecule has 0 bridgehead atoms. The number of nitrogens with zero attached hydrogens (tertiary/aromatic N) is 3. The first kappa shape index (κ1) is 29.5. The molecule has 0 unspecified atom stereocenters. The lowest BCUT2D eigenvalue weighted by Crippen LogP contribution is -2.43. The van der Waals surface area contributed by atoms with Crippen LogP contribution in [0.3, 0.4) is 0 Å². The Balaban J connectivity index is 2.19. The number of halogens is 4. The average Bonchev–Trinajstić information content (AvgIpc) is 2.78. The molecule has 1 aromatic carbocycles. The van der Waals surface area contributed by atoms with E-state index in [4.69, 9.17) is 21.1 Å². The van der Waals surface area contributed by atoms with Crippen molar-refractivity contribution in [2.45, 2.75) is 64.8 Å². The molecule has 0 fully saturated rings. The van der Waals surface area contributed by atoms with E-state index in [0.717, 1.165) is 11.1 Å². The molecule has 0 spiro atoms. The lowest BCUT2D eigenvalue weighted by atomic mass is 9.85. The minimum absolute atomic E-state index is 0.0436. The van der Waals surface area contributed by atoms with Crippen LogP contribution >= 0.6 is 11.6 Å². The second kappa shape index (κ2) is 11.5. The maximum absolute atomic E-state index is 13.7. The summed E-state index contributed by atoms with van der Waals surface area (Å²) < 4.78 is 51.1. The monoisotopic (exact) mass is 537 g/mol. The van der Waals surface area contributed by atoms with Gasteiger partial charge in [-0.15, -0.1) is 5.01 Å². The van der Waals surface area contributed by atoms with Crippen molar-refractivity contribution in [3.8, 4) is 5.75 Å². The summed E-state index contributed by atoms with van der Waals surface area (Å²) >= 11 is 6.31. The van der Waals surface area contributed by atoms with Gasteiger partial charge in [0.15, 0.2) is 0 Å². The third-order valence-electron chi connectivity index (χ3n) is 5.89. The summed E-state index contributed by atoms with van der Waals surface area (Å²) in [5.41, 5.74) is -0.505. The van der Waals surface area contributed by atoms with Crippen molar-refractivity contribution in [3.63, 3.8) is 0 Å². The van der Waals surface area contributed by atoms with Gasteiger partial charge in [-0.25, -0.2) is 4.79 Å². The summed E-state index contributed by atoms with van der Waals surface area (Å²) in [6.07, 6.45) is -5.81. The Hall–Kier alpha value is -2.73. The number of carbonyl (C=O) groups excluding carboxylic acids is 1. The number of hydrogen-bond donors (Lipinski definition) is 1. The molecule has 0 aliphatic carbocycles. The molecular weight excluding hydrogens is 507 g/mol. The van der Waals surface area contributed by atoms with E-state index >= 15 is 0 Å². The van der Waals surface area contributed by atoms with E-state index in [1.54, 1.807) is 0 Å². The number of fused-ring (bicyclic) bond motifs is 1. The number of rotatable bonds is 9. The first-order valence-electron chi connectivity index (χ1n) is 11.2. The molecule has 1 heterocycles. The van der Waals surface area contributed by atoms with Gasteiger partial charge in [0.2, 0.25) is 11.4 Å². The summed E-state index contributed by atoms with van der Waals surface area (Å²) in [5, 5.41) is 26.1. The molecule has 2 rings (SSSR count). The topological polar surface area (TPSA) is 107 Å². The van der Waals surface area contributed by atoms with E-state index in [1.807, 2.05) is 34.6 Å². The highest BCUT2D eigenvalue weighted by Gasteiger charge is 2.49. The second-order valence-electron chi connectivity index (χ2n) is 9.48. The zero-order valence-corrected chi connectivity index (χ0v) is 21.7. The molecular formula is C23H31ClF3N3O6. The van der Waals surface area contributed by atoms with Gasteiger partial charge in [0.25, 0.3) is 6.79 Å². The van der Waals surface area contributed by atoms with Crippen molar-refractivity contribution < 1.29 is 42.4 Å². The van der Waals surface area contributed by atoms with Crippen LogP contribution in [0.15, 0.2) is 23.0 Å². The van der Waals surface area contributed by atoms with Gasteiger partial charge in [0.1, 0.15) is 11.8 Å². The number of hydrazine groups is 1. The number of likely N-dealkylation sites (N-methyl/N-ethyl adjacent to an activating group) is 1. The third kappa shape index (κ3) is 6.94. The lowest BCUT2D eigenvalue weighted by Gasteiger charge is -2.30. The Morgan fingerprint density at radius 2 is 2.00 bits per heavy atom. The molecule has 13 heteroatoms. The summed E-state index contributed by atoms with van der Waals surface area (Å²) in [5.74, 6) is -1.48. The molecule has 1 aromatic rings. The Labute approximate surface area is 212 Å². The largest absolute Gasteiger partial charge is 0.569 e. The van der Waals surface area contributed by atoms with Crippen LogP contribution in [-0.4, -0.2) is 59.8 Å². The molecule has 0 radical (unpaired) electrons. The van der Waals surface area contributed by atoms with E-state index in [-0.39, 0.29) is 28.8 Å². The van der Waals surface area contributed by atoms with Crippen LogP contribution in [0.2, 0.25) is 5.02 Å². The van der Waals surface area contributed by atoms with Gasteiger partial charge < -0.3 is 24.6 Å². The molecule has 36 heavy (non-hydrogen) atoms. The number of ether oxygens (including phenoxy) is 2. The molecule has 0 aromatic heterocycles. The summed E-state index contributed by atoms with van der Waals surface area (Å²) in [6.45, 7) is 8.02. The molecule has 9 nitrogen and oxygen atoms in total. The number of carbonyl (C=O) groups is 1. The van der Waals surface area contributed by atoms with Crippen LogP contribution in [0, 0.1) is 11.1 Å². The van der Waals surface area contributed by atoms with Crippen LogP contribution in [0.25, 0.3) is 6.08 Å². The standard InChI is InChI=1S/C23H31ClF3N3O6/c1-7-13(2)18(11-31)29(6)30(33)28-35-12-34-21(32)15-8-14-9-17(24)16(22(3,4)5)10-19(14)36-20(15)23(25,26)27/h8-10,13,18,20,31H,7,11-12H2,1-6H3/b30-28-/t13-,18-,20+/m1/s1. The molecule has 1 aliphatic rings. The smallest absolute Gasteiger partial charge is 0.430 e. The molecule has 3 atom stereocenters. The minimum atomic E-state index is -4.92. The third-order valence-corrected chi connectivity index (χ3v) is 6.20. The Morgan fingerprint density at radius 3 is 2.53 bits per heavy atom. The summed E-state index contributed by atoms with van der Waals surface area (Å²) in [7, 11) is 1.38. The molecule has 0 saturated carbocycles. The minimum Gasteiger partial charge on any atom is -0.569 e. The predicted molar refractivity (Wildman–Crippen MR) is 125 cm³/mol. The van der Waals surface area contributed by atoms with Crippen LogP contribution in [0.4, 0.5) is 13.2 Å². The van der Waals surface area contributed by atoms with Crippen molar-refractivity contribution in [1.29, 1.82) is 0 Å². The predicted octanol–water partition coefficient (Wildman–Crippen LogP) is 4.99.